The van der Waals surface area contributed by atoms with E-state index in [0.717, 1.165) is 49.3 Å². The van der Waals surface area contributed by atoms with Crippen LogP contribution in [0.4, 0.5) is 9.59 Å². The highest BCUT2D eigenvalue weighted by Crippen LogP contribution is 2.34. The highest BCUT2D eigenvalue weighted by molar-refractivity contribution is 5.89. The third-order valence-corrected chi connectivity index (χ3v) is 10.6. The average Bonchev–Trinajstić information content (AvgIpc) is 4.02. The van der Waals surface area contributed by atoms with Gasteiger partial charge in [-0.15, -0.1) is 0 Å². The summed E-state index contributed by atoms with van der Waals surface area (Å²) in [6.07, 6.45) is 7.18. The molecule has 3 aromatic heterocycles. The zero-order valence-electron chi connectivity index (χ0n) is 32.7. The lowest BCUT2D eigenvalue weighted by Gasteiger charge is -2.30. The van der Waals surface area contributed by atoms with E-state index < -0.39 is 24.3 Å². The molecule has 0 radical (unpaired) electrons. The number of likely N-dealkylation sites (tertiary alicyclic amines) is 2. The molecule has 5 heterocycles. The highest BCUT2D eigenvalue weighted by atomic mass is 16.5. The van der Waals surface area contributed by atoms with E-state index in [-0.39, 0.29) is 47.7 Å². The molecule has 0 unspecified atom stereocenters. The van der Waals surface area contributed by atoms with Crippen LogP contribution < -0.4 is 16.2 Å². The average molecular weight is 770 g/mol. The van der Waals surface area contributed by atoms with Gasteiger partial charge in [-0.3, -0.25) is 23.9 Å². The van der Waals surface area contributed by atoms with Crippen molar-refractivity contribution in [1.29, 1.82) is 0 Å². The molecular formula is C40H51N9O7. The number of aromatic nitrogens is 5. The predicted molar refractivity (Wildman–Crippen MR) is 208 cm³/mol. The molecule has 298 valence electrons. The number of amides is 3. The Bertz CT molecular complexity index is 2090. The van der Waals surface area contributed by atoms with Crippen molar-refractivity contribution in [2.75, 3.05) is 33.9 Å². The minimum absolute atomic E-state index is 0.0913. The van der Waals surface area contributed by atoms with Crippen LogP contribution in [0, 0.1) is 11.8 Å². The topological polar surface area (TPSA) is 197 Å². The van der Waals surface area contributed by atoms with Gasteiger partial charge in [-0.05, 0) is 67.8 Å². The molecule has 2 saturated heterocycles. The van der Waals surface area contributed by atoms with Crippen LogP contribution in [0.15, 0.2) is 59.8 Å². The van der Waals surface area contributed by atoms with E-state index in [4.69, 9.17) is 9.47 Å². The molecule has 16 heteroatoms. The number of ether oxygens (including phenoxy) is 2. The molecule has 16 nitrogen and oxygen atoms in total. The number of nitrogens with one attached hydrogen (secondary N) is 4. The fraction of sp³-hybridized carbons (Fsp3) is 0.475. The molecule has 3 amide bonds. The van der Waals surface area contributed by atoms with Crippen LogP contribution in [-0.4, -0.2) is 104 Å². The molecule has 2 aliphatic heterocycles. The Morgan fingerprint density at radius 2 is 1.36 bits per heavy atom. The maximum Gasteiger partial charge on any atom is 0.407 e. The van der Waals surface area contributed by atoms with E-state index in [9.17, 15) is 24.0 Å². The lowest BCUT2D eigenvalue weighted by atomic mass is 9.99. The van der Waals surface area contributed by atoms with Gasteiger partial charge in [0.1, 0.15) is 17.7 Å². The minimum atomic E-state index is -0.714. The fourth-order valence-corrected chi connectivity index (χ4v) is 7.59. The largest absolute Gasteiger partial charge is 0.453 e. The van der Waals surface area contributed by atoms with Crippen LogP contribution in [0.2, 0.25) is 0 Å². The summed E-state index contributed by atoms with van der Waals surface area (Å²) < 4.78 is 11.0. The summed E-state index contributed by atoms with van der Waals surface area (Å²) >= 11 is 0. The number of hydrogen-bond donors (Lipinski definition) is 4. The van der Waals surface area contributed by atoms with Gasteiger partial charge in [-0.1, -0.05) is 39.8 Å². The number of aromatic amines is 2. The third kappa shape index (κ3) is 8.70. The van der Waals surface area contributed by atoms with Crippen molar-refractivity contribution in [2.24, 2.45) is 11.8 Å². The van der Waals surface area contributed by atoms with E-state index in [1.54, 1.807) is 34.1 Å². The lowest BCUT2D eigenvalue weighted by molar-refractivity contribution is -0.135. The molecule has 56 heavy (non-hydrogen) atoms. The number of H-pyrrole nitrogens is 2. The van der Waals surface area contributed by atoms with Crippen molar-refractivity contribution in [3.63, 3.8) is 0 Å². The summed E-state index contributed by atoms with van der Waals surface area (Å²) in [5.74, 6) is 0.904. The standard InChI is InChI=1S/C40H51N9O7/c1-23(2)34(45-39(53)55-5)32(50)22-47-16-7-9-30(47)36-41-21-29(44-36)26-15-18-48(33(51)19-26)27-13-11-25(12-14-27)28-20-42-37(43-28)31-10-8-17-49(31)38(52)35(24(3)4)46-40(54)56-6/h11-15,18-21,23-24,30-31,34-35H,7-10,16-17,22H2,1-6H3,(H,41,44)(H,42,43)(H,45,53)(H,46,54)/t30-,31-,34-,35-/m0/s1. The molecule has 2 fully saturated rings. The van der Waals surface area contributed by atoms with Gasteiger partial charge >= 0.3 is 12.2 Å². The van der Waals surface area contributed by atoms with Gasteiger partial charge in [0.25, 0.3) is 5.56 Å². The van der Waals surface area contributed by atoms with Crippen molar-refractivity contribution < 1.29 is 28.7 Å². The number of methoxy groups -OCH3 is 2. The first kappa shape index (κ1) is 39.9. The Labute approximate surface area is 325 Å². The first-order valence-electron chi connectivity index (χ1n) is 19.1. The summed E-state index contributed by atoms with van der Waals surface area (Å²) in [5.41, 5.74) is 3.51. The van der Waals surface area contributed by atoms with E-state index in [1.807, 2.05) is 58.0 Å². The number of carbonyl (C=O) groups excluding carboxylic acids is 4. The monoisotopic (exact) mass is 769 g/mol. The first-order chi connectivity index (χ1) is 26.9. The Kier molecular flexibility index (Phi) is 12.4. The maximum absolute atomic E-state index is 13.5. The molecule has 0 bridgehead atoms. The number of imidazole rings is 2. The Hall–Kier alpha value is -5.77. The van der Waals surface area contributed by atoms with Crippen LogP contribution in [0.1, 0.15) is 77.1 Å². The zero-order chi connectivity index (χ0) is 40.1. The second-order valence-electron chi connectivity index (χ2n) is 15.0. The molecule has 0 saturated carbocycles. The Morgan fingerprint density at radius 1 is 0.786 bits per heavy atom. The highest BCUT2D eigenvalue weighted by Gasteiger charge is 2.38. The number of Topliss-reactive ketones (excluding diaryl/α,β-unsaturated/α-hetero) is 1. The molecule has 0 spiro atoms. The minimum Gasteiger partial charge on any atom is -0.453 e. The van der Waals surface area contributed by atoms with Crippen molar-refractivity contribution in [3.8, 4) is 28.2 Å². The molecule has 0 aliphatic carbocycles. The molecule has 6 rings (SSSR count). The molecule has 4 atom stereocenters. The van der Waals surface area contributed by atoms with Crippen LogP contribution in [0.3, 0.4) is 0 Å². The quantitative estimate of drug-likeness (QED) is 0.147. The summed E-state index contributed by atoms with van der Waals surface area (Å²) in [4.78, 5) is 83.8. The van der Waals surface area contributed by atoms with Crippen LogP contribution in [-0.2, 0) is 19.1 Å². The summed E-state index contributed by atoms with van der Waals surface area (Å²) in [7, 11) is 2.55. The summed E-state index contributed by atoms with van der Waals surface area (Å²) in [5, 5.41) is 5.33. The van der Waals surface area contributed by atoms with E-state index in [0.29, 0.717) is 29.3 Å². The van der Waals surface area contributed by atoms with Gasteiger partial charge in [0.05, 0.1) is 62.7 Å². The van der Waals surface area contributed by atoms with Crippen LogP contribution in [0.5, 0.6) is 0 Å². The first-order valence-corrected chi connectivity index (χ1v) is 19.1. The van der Waals surface area contributed by atoms with Gasteiger partial charge in [-0.25, -0.2) is 19.6 Å². The smallest absolute Gasteiger partial charge is 0.407 e. The Balaban J connectivity index is 1.11. The van der Waals surface area contributed by atoms with Crippen LogP contribution in [0.25, 0.3) is 28.2 Å². The number of hydrogen-bond acceptors (Lipinski definition) is 10. The maximum atomic E-state index is 13.5. The molecular weight excluding hydrogens is 718 g/mol. The van der Waals surface area contributed by atoms with Crippen molar-refractivity contribution in [3.05, 3.63) is 77.0 Å². The second kappa shape index (κ2) is 17.4. The van der Waals surface area contributed by atoms with Crippen molar-refractivity contribution in [2.45, 2.75) is 77.5 Å². The number of nitrogens with zero attached hydrogens (tertiary/aromatic N) is 5. The molecule has 4 aromatic rings. The van der Waals surface area contributed by atoms with Gasteiger partial charge in [0.2, 0.25) is 5.91 Å². The number of ketones is 1. The summed E-state index contributed by atoms with van der Waals surface area (Å²) in [6, 6.07) is 9.24. The van der Waals surface area contributed by atoms with Gasteiger partial charge in [-0.2, -0.15) is 0 Å². The number of alkyl carbamates (subject to hydrolysis) is 2. The number of pyridine rings is 1. The predicted octanol–water partition coefficient (Wildman–Crippen LogP) is 4.75. The number of carbonyl (C=O) groups is 4. The second-order valence-corrected chi connectivity index (χ2v) is 15.0. The SMILES string of the molecule is COC(=O)N[C@H](C(=O)CN1CCC[C@H]1c1ncc(-c2ccn(-c3ccc(-c4cnc([C@@H]5CCCN5C(=O)[C@@H](NC(=O)OC)C(C)C)[nH]4)cc3)c(=O)c2)[nH]1)C(C)C. The molecule has 2 aliphatic rings. The summed E-state index contributed by atoms with van der Waals surface area (Å²) in [6.45, 7) is 8.98. The van der Waals surface area contributed by atoms with Gasteiger partial charge in [0.15, 0.2) is 5.78 Å². The fourth-order valence-electron chi connectivity index (χ4n) is 7.59. The third-order valence-electron chi connectivity index (χ3n) is 10.6. The van der Waals surface area contributed by atoms with Crippen molar-refractivity contribution >= 4 is 23.9 Å². The Morgan fingerprint density at radius 3 is 1.96 bits per heavy atom. The number of benzene rings is 1. The van der Waals surface area contributed by atoms with Gasteiger partial charge < -0.3 is 35.0 Å². The normalized spacial score (nSPS) is 18.2. The molecule has 1 aromatic carbocycles. The molecule has 4 N–H and O–H groups in total. The number of rotatable bonds is 13. The van der Waals surface area contributed by atoms with E-state index in [2.05, 4.69) is 35.5 Å². The van der Waals surface area contributed by atoms with Gasteiger partial charge in [0, 0.05) is 30.1 Å². The lowest BCUT2D eigenvalue weighted by Crippen LogP contribution is -2.51. The van der Waals surface area contributed by atoms with Crippen molar-refractivity contribution in [1.82, 2.24) is 44.9 Å². The van der Waals surface area contributed by atoms with E-state index in [1.165, 1.54) is 14.2 Å². The van der Waals surface area contributed by atoms with E-state index >= 15 is 0 Å². The van der Waals surface area contributed by atoms with Crippen LogP contribution >= 0.6 is 0 Å². The zero-order valence-corrected chi connectivity index (χ0v) is 32.7.